The Kier molecular flexibility index (Phi) is 2.71. The van der Waals surface area contributed by atoms with Crippen LogP contribution in [0.25, 0.3) is 27.7 Å². The van der Waals surface area contributed by atoms with E-state index in [2.05, 4.69) is 15.2 Å². The van der Waals surface area contributed by atoms with E-state index < -0.39 is 0 Å². The van der Waals surface area contributed by atoms with Gasteiger partial charge in [-0.05, 0) is 41.8 Å². The van der Waals surface area contributed by atoms with Crippen LogP contribution < -0.4 is 5.73 Å². The Balaban J connectivity index is 2.08. The SMILES string of the molecule is Cc1c(F)cc2[nH]ncc2c1-c1ccc2nc(N)c(C=O)n2c1. The first-order valence-corrected chi connectivity index (χ1v) is 6.95. The minimum Gasteiger partial charge on any atom is -0.382 e. The number of benzene rings is 1. The first-order chi connectivity index (χ1) is 11.1. The highest BCUT2D eigenvalue weighted by Gasteiger charge is 2.15. The predicted molar refractivity (Wildman–Crippen MR) is 84.8 cm³/mol. The number of rotatable bonds is 2. The third-order valence-electron chi connectivity index (χ3n) is 4.03. The number of pyridine rings is 1. The topological polar surface area (TPSA) is 89.1 Å². The Bertz CT molecular complexity index is 1080. The molecule has 0 aliphatic carbocycles. The number of carbonyl (C=O) groups is 1. The molecule has 0 fully saturated rings. The molecule has 0 saturated carbocycles. The third-order valence-corrected chi connectivity index (χ3v) is 4.03. The summed E-state index contributed by atoms with van der Waals surface area (Å²) >= 11 is 0. The summed E-state index contributed by atoms with van der Waals surface area (Å²) in [5, 5.41) is 7.57. The van der Waals surface area contributed by atoms with E-state index in [1.165, 1.54) is 6.07 Å². The van der Waals surface area contributed by atoms with E-state index in [0.29, 0.717) is 23.0 Å². The minimum atomic E-state index is -0.322. The molecular weight excluding hydrogens is 297 g/mol. The zero-order valence-electron chi connectivity index (χ0n) is 12.2. The molecule has 0 amide bonds. The molecule has 7 heteroatoms. The van der Waals surface area contributed by atoms with Crippen molar-refractivity contribution in [2.75, 3.05) is 5.73 Å². The molecule has 0 radical (unpaired) electrons. The molecule has 0 saturated heterocycles. The van der Waals surface area contributed by atoms with Crippen LogP contribution in [0.1, 0.15) is 16.1 Å². The minimum absolute atomic E-state index is 0.168. The van der Waals surface area contributed by atoms with E-state index in [4.69, 9.17) is 5.73 Å². The fraction of sp³-hybridized carbons (Fsp3) is 0.0625. The molecule has 3 N–H and O–H groups in total. The molecule has 0 spiro atoms. The van der Waals surface area contributed by atoms with E-state index in [0.717, 1.165) is 16.5 Å². The van der Waals surface area contributed by atoms with Crippen molar-refractivity contribution in [2.45, 2.75) is 6.92 Å². The number of aldehydes is 1. The number of H-pyrrole nitrogens is 1. The van der Waals surface area contributed by atoms with Crippen LogP contribution in [0.3, 0.4) is 0 Å². The quantitative estimate of drug-likeness (QED) is 0.557. The molecule has 1 aromatic carbocycles. The summed E-state index contributed by atoms with van der Waals surface area (Å²) in [6.45, 7) is 1.71. The van der Waals surface area contributed by atoms with Crippen molar-refractivity contribution in [1.82, 2.24) is 19.6 Å². The summed E-state index contributed by atoms with van der Waals surface area (Å²) in [5.41, 5.74) is 9.18. The number of aromatic amines is 1. The average Bonchev–Trinajstić information content (AvgIpc) is 3.10. The average molecular weight is 309 g/mol. The summed E-state index contributed by atoms with van der Waals surface area (Å²) in [7, 11) is 0. The second kappa shape index (κ2) is 4.64. The zero-order chi connectivity index (χ0) is 16.1. The second-order valence-electron chi connectivity index (χ2n) is 5.34. The Morgan fingerprint density at radius 2 is 2.22 bits per heavy atom. The molecule has 0 atom stereocenters. The van der Waals surface area contributed by atoms with Crippen molar-refractivity contribution >= 4 is 28.7 Å². The van der Waals surface area contributed by atoms with E-state index >= 15 is 0 Å². The summed E-state index contributed by atoms with van der Waals surface area (Å²) < 4.78 is 15.8. The van der Waals surface area contributed by atoms with Crippen LogP contribution in [0.2, 0.25) is 0 Å². The van der Waals surface area contributed by atoms with Gasteiger partial charge in [-0.1, -0.05) is 0 Å². The number of halogens is 1. The molecule has 0 aliphatic heterocycles. The fourth-order valence-electron chi connectivity index (χ4n) is 2.88. The molecule has 3 aromatic heterocycles. The monoisotopic (exact) mass is 309 g/mol. The van der Waals surface area contributed by atoms with Crippen molar-refractivity contribution in [3.05, 3.63) is 47.7 Å². The largest absolute Gasteiger partial charge is 0.382 e. The van der Waals surface area contributed by atoms with Crippen molar-refractivity contribution in [1.29, 1.82) is 0 Å². The van der Waals surface area contributed by atoms with E-state index in [1.807, 2.05) is 6.07 Å². The van der Waals surface area contributed by atoms with Crippen LogP contribution >= 0.6 is 0 Å². The van der Waals surface area contributed by atoms with Gasteiger partial charge in [0.05, 0.1) is 11.7 Å². The van der Waals surface area contributed by atoms with Crippen LogP contribution in [-0.4, -0.2) is 25.9 Å². The van der Waals surface area contributed by atoms with Gasteiger partial charge >= 0.3 is 0 Å². The number of hydrogen-bond donors (Lipinski definition) is 2. The molecule has 4 rings (SSSR count). The molecular formula is C16H12FN5O. The Morgan fingerprint density at radius 1 is 1.39 bits per heavy atom. The van der Waals surface area contributed by atoms with Crippen molar-refractivity contribution in [3.8, 4) is 11.1 Å². The van der Waals surface area contributed by atoms with Gasteiger partial charge in [-0.3, -0.25) is 14.3 Å². The number of nitrogens with two attached hydrogens (primary N) is 1. The number of carbonyl (C=O) groups excluding carboxylic acids is 1. The summed E-state index contributed by atoms with van der Waals surface area (Å²) in [6, 6.07) is 4.99. The lowest BCUT2D eigenvalue weighted by Gasteiger charge is -2.10. The lowest BCUT2D eigenvalue weighted by molar-refractivity contribution is 0.111. The van der Waals surface area contributed by atoms with Crippen LogP contribution in [0, 0.1) is 12.7 Å². The van der Waals surface area contributed by atoms with E-state index in [1.54, 1.807) is 29.8 Å². The second-order valence-corrected chi connectivity index (χ2v) is 5.34. The lowest BCUT2D eigenvalue weighted by Crippen LogP contribution is -1.96. The normalized spacial score (nSPS) is 11.4. The maximum atomic E-state index is 14.2. The number of nitrogens with zero attached hydrogens (tertiary/aromatic N) is 3. The maximum absolute atomic E-state index is 14.2. The van der Waals surface area contributed by atoms with E-state index in [-0.39, 0.29) is 17.3 Å². The number of fused-ring (bicyclic) bond motifs is 2. The molecule has 114 valence electrons. The number of imidazole rings is 1. The van der Waals surface area contributed by atoms with Gasteiger partial charge in [-0.15, -0.1) is 0 Å². The molecule has 3 heterocycles. The molecule has 0 unspecified atom stereocenters. The smallest absolute Gasteiger partial charge is 0.170 e. The Morgan fingerprint density at radius 3 is 3.00 bits per heavy atom. The number of nitrogen functional groups attached to an aromatic ring is 1. The summed E-state index contributed by atoms with van der Waals surface area (Å²) in [6.07, 6.45) is 4.05. The fourth-order valence-corrected chi connectivity index (χ4v) is 2.88. The van der Waals surface area contributed by atoms with Gasteiger partial charge in [0.1, 0.15) is 17.2 Å². The first kappa shape index (κ1) is 13.4. The van der Waals surface area contributed by atoms with Crippen molar-refractivity contribution in [3.63, 3.8) is 0 Å². The number of hydrogen-bond acceptors (Lipinski definition) is 4. The molecule has 6 nitrogen and oxygen atoms in total. The van der Waals surface area contributed by atoms with Gasteiger partial charge in [0.15, 0.2) is 12.1 Å². The zero-order valence-corrected chi connectivity index (χ0v) is 12.2. The predicted octanol–water partition coefficient (Wildman–Crippen LogP) is 2.72. The van der Waals surface area contributed by atoms with Gasteiger partial charge in [0.2, 0.25) is 0 Å². The lowest BCUT2D eigenvalue weighted by atomic mass is 9.98. The van der Waals surface area contributed by atoms with E-state index in [9.17, 15) is 9.18 Å². The molecule has 0 aliphatic rings. The van der Waals surface area contributed by atoms with Crippen LogP contribution in [0.4, 0.5) is 10.2 Å². The van der Waals surface area contributed by atoms with Gasteiger partial charge in [-0.2, -0.15) is 5.10 Å². The number of anilines is 1. The standard InChI is InChI=1S/C16H12FN5O/c1-8-11(17)4-12-10(5-19-21-12)15(8)9-2-3-14-20-16(18)13(7-23)22(14)6-9/h2-7H,18H2,1H3,(H,19,21). The molecule has 4 aromatic rings. The van der Waals surface area contributed by atoms with Crippen LogP contribution in [0.15, 0.2) is 30.6 Å². The van der Waals surface area contributed by atoms with Crippen LogP contribution in [-0.2, 0) is 0 Å². The maximum Gasteiger partial charge on any atom is 0.170 e. The molecule has 0 bridgehead atoms. The van der Waals surface area contributed by atoms with Gasteiger partial charge in [0, 0.05) is 11.6 Å². The van der Waals surface area contributed by atoms with Crippen molar-refractivity contribution in [2.24, 2.45) is 0 Å². The highest BCUT2D eigenvalue weighted by Crippen LogP contribution is 2.33. The van der Waals surface area contributed by atoms with Crippen molar-refractivity contribution < 1.29 is 9.18 Å². The van der Waals surface area contributed by atoms with Gasteiger partial charge in [-0.25, -0.2) is 9.37 Å². The highest BCUT2D eigenvalue weighted by atomic mass is 19.1. The van der Waals surface area contributed by atoms with Gasteiger partial charge in [0.25, 0.3) is 0 Å². The summed E-state index contributed by atoms with van der Waals surface area (Å²) in [4.78, 5) is 15.4. The molecule has 23 heavy (non-hydrogen) atoms. The van der Waals surface area contributed by atoms with Crippen LogP contribution in [0.5, 0.6) is 0 Å². The first-order valence-electron chi connectivity index (χ1n) is 6.95. The van der Waals surface area contributed by atoms with Gasteiger partial charge < -0.3 is 5.73 Å². The third kappa shape index (κ3) is 1.83. The Labute approximate surface area is 129 Å². The highest BCUT2D eigenvalue weighted by molar-refractivity contribution is 5.96. The number of aromatic nitrogens is 4. The Hall–Kier alpha value is -3.22. The summed E-state index contributed by atoms with van der Waals surface area (Å²) in [5.74, 6) is -0.154. The number of nitrogens with one attached hydrogen (secondary N) is 1.